The highest BCUT2D eigenvalue weighted by Gasteiger charge is 2.04. The molecule has 18 heavy (non-hydrogen) atoms. The van der Waals surface area contributed by atoms with Crippen molar-refractivity contribution in [1.29, 1.82) is 0 Å². The second-order valence-corrected chi connectivity index (χ2v) is 4.94. The monoisotopic (exact) mass is 242 g/mol. The van der Waals surface area contributed by atoms with E-state index in [1.165, 1.54) is 18.4 Å². The average Bonchev–Trinajstić information content (AvgIpc) is 2.39. The summed E-state index contributed by atoms with van der Waals surface area (Å²) in [5.41, 5.74) is 1.32. The minimum absolute atomic E-state index is 0.614. The zero-order valence-corrected chi connectivity index (χ0v) is 11.3. The molecule has 0 N–H and O–H groups in total. The summed E-state index contributed by atoms with van der Waals surface area (Å²) in [6, 6.07) is 0. The van der Waals surface area contributed by atoms with E-state index in [-0.39, 0.29) is 0 Å². The molecule has 0 saturated carbocycles. The summed E-state index contributed by atoms with van der Waals surface area (Å²) in [6.45, 7) is 0. The molecule has 0 unspecified atom stereocenters. The lowest BCUT2D eigenvalue weighted by atomic mass is 10.00. The second kappa shape index (κ2) is 6.29. The molecule has 0 atom stereocenters. The average molecular weight is 242 g/mol. The first-order valence-electron chi connectivity index (χ1n) is 6.61. The summed E-state index contributed by atoms with van der Waals surface area (Å²) in [5, 5.41) is 0. The number of nitrogens with zero attached hydrogens (tertiary/aromatic N) is 2. The van der Waals surface area contributed by atoms with Gasteiger partial charge in [0.05, 0.1) is 0 Å². The Hall–Kier alpha value is -1.70. The van der Waals surface area contributed by atoms with Crippen molar-refractivity contribution < 1.29 is 0 Å². The van der Waals surface area contributed by atoms with E-state index in [2.05, 4.69) is 72.0 Å². The molecule has 0 amide bonds. The third-order valence-corrected chi connectivity index (χ3v) is 3.26. The van der Waals surface area contributed by atoms with E-state index in [1.807, 2.05) is 7.05 Å². The van der Waals surface area contributed by atoms with Crippen LogP contribution in [-0.2, 0) is 0 Å². The van der Waals surface area contributed by atoms with Gasteiger partial charge in [0.25, 0.3) is 0 Å². The van der Waals surface area contributed by atoms with E-state index < -0.39 is 0 Å². The molecule has 2 heterocycles. The highest BCUT2D eigenvalue weighted by Crippen LogP contribution is 2.17. The number of allylic oxidation sites excluding steroid dienone is 6. The summed E-state index contributed by atoms with van der Waals surface area (Å²) in [5.74, 6) is 0.614. The SMILES string of the molecule is CN1C=CC(=CCCCC2C=CN(C)C=C2)C=C1. The minimum Gasteiger partial charge on any atom is -0.358 e. The van der Waals surface area contributed by atoms with Gasteiger partial charge in [-0.25, -0.2) is 0 Å². The van der Waals surface area contributed by atoms with Gasteiger partial charge in [-0.05, 0) is 55.3 Å². The zero-order valence-electron chi connectivity index (χ0n) is 11.3. The molecule has 0 aromatic heterocycles. The van der Waals surface area contributed by atoms with Crippen molar-refractivity contribution >= 4 is 0 Å². The van der Waals surface area contributed by atoms with Gasteiger partial charge in [0.2, 0.25) is 0 Å². The van der Waals surface area contributed by atoms with E-state index in [9.17, 15) is 0 Å². The quantitative estimate of drug-likeness (QED) is 0.694. The molecule has 2 aliphatic rings. The van der Waals surface area contributed by atoms with Crippen LogP contribution in [0.5, 0.6) is 0 Å². The first-order valence-corrected chi connectivity index (χ1v) is 6.61. The van der Waals surface area contributed by atoms with Crippen LogP contribution in [0.15, 0.2) is 60.8 Å². The summed E-state index contributed by atoms with van der Waals surface area (Å²) in [7, 11) is 4.11. The number of hydrogen-bond acceptors (Lipinski definition) is 2. The lowest BCUT2D eigenvalue weighted by Crippen LogP contribution is -2.07. The van der Waals surface area contributed by atoms with E-state index in [1.54, 1.807) is 0 Å². The molecule has 0 saturated heterocycles. The molecule has 0 aromatic rings. The van der Waals surface area contributed by atoms with Gasteiger partial charge in [0, 0.05) is 26.5 Å². The molecule has 0 aliphatic carbocycles. The van der Waals surface area contributed by atoms with Crippen LogP contribution in [0.25, 0.3) is 0 Å². The third-order valence-electron chi connectivity index (χ3n) is 3.26. The highest BCUT2D eigenvalue weighted by molar-refractivity contribution is 5.33. The van der Waals surface area contributed by atoms with Crippen molar-refractivity contribution in [2.75, 3.05) is 14.1 Å². The van der Waals surface area contributed by atoms with Crippen molar-refractivity contribution in [3.05, 3.63) is 60.8 Å². The van der Waals surface area contributed by atoms with Gasteiger partial charge >= 0.3 is 0 Å². The van der Waals surface area contributed by atoms with Crippen molar-refractivity contribution in [3.8, 4) is 0 Å². The molecule has 0 radical (unpaired) electrons. The van der Waals surface area contributed by atoms with Crippen LogP contribution in [-0.4, -0.2) is 23.9 Å². The van der Waals surface area contributed by atoms with Gasteiger partial charge in [-0.15, -0.1) is 0 Å². The van der Waals surface area contributed by atoms with Gasteiger partial charge in [-0.3, -0.25) is 0 Å². The van der Waals surface area contributed by atoms with Crippen molar-refractivity contribution in [3.63, 3.8) is 0 Å². The maximum atomic E-state index is 2.32. The second-order valence-electron chi connectivity index (χ2n) is 4.94. The van der Waals surface area contributed by atoms with E-state index >= 15 is 0 Å². The fraction of sp³-hybridized carbons (Fsp3) is 0.375. The topological polar surface area (TPSA) is 6.48 Å². The Labute approximate surface area is 110 Å². The van der Waals surface area contributed by atoms with Gasteiger partial charge < -0.3 is 9.80 Å². The minimum atomic E-state index is 0.614. The number of rotatable bonds is 4. The van der Waals surface area contributed by atoms with Crippen LogP contribution in [0, 0.1) is 5.92 Å². The maximum absolute atomic E-state index is 2.32. The molecule has 2 nitrogen and oxygen atoms in total. The predicted molar refractivity (Wildman–Crippen MR) is 77.5 cm³/mol. The van der Waals surface area contributed by atoms with Gasteiger partial charge in [0.1, 0.15) is 0 Å². The normalized spacial score (nSPS) is 18.9. The van der Waals surface area contributed by atoms with Crippen LogP contribution in [0.4, 0.5) is 0 Å². The number of unbranched alkanes of at least 4 members (excludes halogenated alkanes) is 1. The maximum Gasteiger partial charge on any atom is 0.0106 e. The fourth-order valence-corrected chi connectivity index (χ4v) is 2.07. The van der Waals surface area contributed by atoms with E-state index in [4.69, 9.17) is 0 Å². The highest BCUT2D eigenvalue weighted by atomic mass is 15.1. The third kappa shape index (κ3) is 3.95. The molecule has 0 aromatic carbocycles. The molecule has 96 valence electrons. The van der Waals surface area contributed by atoms with Crippen LogP contribution in [0.1, 0.15) is 19.3 Å². The first-order chi connectivity index (χ1) is 8.74. The Balaban J connectivity index is 1.69. The Morgan fingerprint density at radius 2 is 1.61 bits per heavy atom. The number of hydrogen-bond donors (Lipinski definition) is 0. The summed E-state index contributed by atoms with van der Waals surface area (Å²) < 4.78 is 0. The van der Waals surface area contributed by atoms with Crippen LogP contribution in [0.2, 0.25) is 0 Å². The lowest BCUT2D eigenvalue weighted by molar-refractivity contribution is 0.564. The molecule has 0 bridgehead atoms. The van der Waals surface area contributed by atoms with Gasteiger partial charge in [-0.1, -0.05) is 18.2 Å². The summed E-state index contributed by atoms with van der Waals surface area (Å²) >= 11 is 0. The van der Waals surface area contributed by atoms with Gasteiger partial charge in [0.15, 0.2) is 0 Å². The summed E-state index contributed by atoms with van der Waals surface area (Å²) in [4.78, 5) is 4.15. The molecule has 0 spiro atoms. The van der Waals surface area contributed by atoms with E-state index in [0.29, 0.717) is 5.92 Å². The lowest BCUT2D eigenvalue weighted by Gasteiger charge is -2.16. The summed E-state index contributed by atoms with van der Waals surface area (Å²) in [6.07, 6.45) is 23.3. The molecular formula is C16H22N2. The Bertz CT molecular complexity index is 383. The van der Waals surface area contributed by atoms with Crippen LogP contribution < -0.4 is 0 Å². The largest absolute Gasteiger partial charge is 0.358 e. The molecular weight excluding hydrogens is 220 g/mol. The fourth-order valence-electron chi connectivity index (χ4n) is 2.07. The van der Waals surface area contributed by atoms with Crippen molar-refractivity contribution in [1.82, 2.24) is 9.80 Å². The molecule has 2 heteroatoms. The predicted octanol–water partition coefficient (Wildman–Crippen LogP) is 3.64. The standard InChI is InChI=1S/C16H22N2/c1-17-11-7-15(8-12-17)5-3-4-6-16-9-13-18(2)14-10-16/h5,7-14,16H,3-4,6H2,1-2H3. The Kier molecular flexibility index (Phi) is 4.46. The van der Waals surface area contributed by atoms with Crippen molar-refractivity contribution in [2.45, 2.75) is 19.3 Å². The Morgan fingerprint density at radius 3 is 2.28 bits per heavy atom. The van der Waals surface area contributed by atoms with Crippen LogP contribution >= 0.6 is 0 Å². The molecule has 2 aliphatic heterocycles. The Morgan fingerprint density at radius 1 is 1.00 bits per heavy atom. The zero-order chi connectivity index (χ0) is 12.8. The van der Waals surface area contributed by atoms with E-state index in [0.717, 1.165) is 6.42 Å². The van der Waals surface area contributed by atoms with Crippen molar-refractivity contribution in [2.24, 2.45) is 5.92 Å². The van der Waals surface area contributed by atoms with Crippen LogP contribution in [0.3, 0.4) is 0 Å². The first kappa shape index (κ1) is 12.7. The van der Waals surface area contributed by atoms with Gasteiger partial charge in [-0.2, -0.15) is 0 Å². The molecule has 0 fully saturated rings. The molecule has 2 rings (SSSR count). The smallest absolute Gasteiger partial charge is 0.0106 e.